The Morgan fingerprint density at radius 3 is 2.17 bits per heavy atom. The zero-order chi connectivity index (χ0) is 13.9. The SMILES string of the molecule is CC(N(C)C(=O)C(=O)N1CCNCC1)C(C)(C)C. The van der Waals surface area contributed by atoms with E-state index in [1.807, 2.05) is 6.92 Å². The van der Waals surface area contributed by atoms with Gasteiger partial charge in [-0.05, 0) is 12.3 Å². The highest BCUT2D eigenvalue weighted by atomic mass is 16.2. The summed E-state index contributed by atoms with van der Waals surface area (Å²) in [6.07, 6.45) is 0. The molecule has 0 spiro atoms. The molecular formula is C13H25N3O2. The molecule has 1 unspecified atom stereocenters. The summed E-state index contributed by atoms with van der Waals surface area (Å²) in [4.78, 5) is 27.4. The second-order valence-corrected chi connectivity index (χ2v) is 6.00. The van der Waals surface area contributed by atoms with Crippen molar-refractivity contribution in [1.29, 1.82) is 0 Å². The summed E-state index contributed by atoms with van der Waals surface area (Å²) in [7, 11) is 1.71. The van der Waals surface area contributed by atoms with Crippen molar-refractivity contribution in [3.8, 4) is 0 Å². The van der Waals surface area contributed by atoms with Gasteiger partial charge in [-0.25, -0.2) is 0 Å². The van der Waals surface area contributed by atoms with Crippen molar-refractivity contribution < 1.29 is 9.59 Å². The smallest absolute Gasteiger partial charge is 0.312 e. The molecule has 0 bridgehead atoms. The topological polar surface area (TPSA) is 52.7 Å². The molecule has 1 fully saturated rings. The summed E-state index contributed by atoms with van der Waals surface area (Å²) in [5.41, 5.74) is -0.0336. The second-order valence-electron chi connectivity index (χ2n) is 6.00. The van der Waals surface area contributed by atoms with Gasteiger partial charge in [0.05, 0.1) is 0 Å². The summed E-state index contributed by atoms with van der Waals surface area (Å²) in [5.74, 6) is -0.783. The van der Waals surface area contributed by atoms with E-state index in [1.54, 1.807) is 16.8 Å². The van der Waals surface area contributed by atoms with Crippen molar-refractivity contribution in [2.24, 2.45) is 5.41 Å². The van der Waals surface area contributed by atoms with Gasteiger partial charge in [-0.15, -0.1) is 0 Å². The van der Waals surface area contributed by atoms with Crippen LogP contribution in [0.1, 0.15) is 27.7 Å². The van der Waals surface area contributed by atoms with Crippen molar-refractivity contribution >= 4 is 11.8 Å². The molecular weight excluding hydrogens is 230 g/mol. The van der Waals surface area contributed by atoms with Crippen LogP contribution >= 0.6 is 0 Å². The predicted octanol–water partition coefficient (Wildman–Crippen LogP) is 0.311. The summed E-state index contributed by atoms with van der Waals surface area (Å²) in [6.45, 7) is 10.9. The van der Waals surface area contributed by atoms with Gasteiger partial charge in [0, 0.05) is 39.3 Å². The second kappa shape index (κ2) is 5.69. The van der Waals surface area contributed by atoms with Crippen LogP contribution in [-0.2, 0) is 9.59 Å². The van der Waals surface area contributed by atoms with Crippen LogP contribution in [0.2, 0.25) is 0 Å². The monoisotopic (exact) mass is 255 g/mol. The highest BCUT2D eigenvalue weighted by Crippen LogP contribution is 2.23. The number of piperazine rings is 1. The third kappa shape index (κ3) is 3.45. The molecule has 1 rings (SSSR count). The normalized spacial score (nSPS) is 18.4. The molecule has 1 heterocycles. The predicted molar refractivity (Wildman–Crippen MR) is 71.1 cm³/mol. The Morgan fingerprint density at radius 1 is 1.22 bits per heavy atom. The molecule has 1 aliphatic heterocycles. The van der Waals surface area contributed by atoms with Crippen LogP contribution in [0.4, 0.5) is 0 Å². The maximum absolute atomic E-state index is 12.1. The number of nitrogens with one attached hydrogen (secondary N) is 1. The molecule has 0 aromatic carbocycles. The van der Waals surface area contributed by atoms with Crippen molar-refractivity contribution in [2.75, 3.05) is 33.2 Å². The van der Waals surface area contributed by atoms with Crippen LogP contribution < -0.4 is 5.32 Å². The van der Waals surface area contributed by atoms with E-state index < -0.39 is 5.91 Å². The number of amides is 2. The summed E-state index contributed by atoms with van der Waals surface area (Å²) in [6, 6.07) is 0.0249. The van der Waals surface area contributed by atoms with E-state index in [2.05, 4.69) is 26.1 Å². The van der Waals surface area contributed by atoms with Crippen LogP contribution in [0.25, 0.3) is 0 Å². The molecule has 0 aliphatic carbocycles. The lowest BCUT2D eigenvalue weighted by molar-refractivity contribution is -0.153. The molecule has 1 saturated heterocycles. The zero-order valence-corrected chi connectivity index (χ0v) is 12.1. The molecule has 0 radical (unpaired) electrons. The fourth-order valence-corrected chi connectivity index (χ4v) is 1.91. The van der Waals surface area contributed by atoms with Gasteiger partial charge < -0.3 is 15.1 Å². The third-order valence-corrected chi connectivity index (χ3v) is 3.74. The quantitative estimate of drug-likeness (QED) is 0.686. The Labute approximate surface area is 110 Å². The Hall–Kier alpha value is -1.10. The third-order valence-electron chi connectivity index (χ3n) is 3.74. The first-order valence-corrected chi connectivity index (χ1v) is 6.52. The first kappa shape index (κ1) is 15.0. The lowest BCUT2D eigenvalue weighted by atomic mass is 9.87. The molecule has 5 nitrogen and oxygen atoms in total. The number of likely N-dealkylation sites (N-methyl/N-ethyl adjacent to an activating group) is 1. The Kier molecular flexibility index (Phi) is 4.73. The molecule has 0 aromatic rings. The van der Waals surface area contributed by atoms with E-state index in [1.165, 1.54) is 0 Å². The van der Waals surface area contributed by atoms with E-state index in [4.69, 9.17) is 0 Å². The van der Waals surface area contributed by atoms with Gasteiger partial charge in [-0.3, -0.25) is 9.59 Å². The number of hydrogen-bond donors (Lipinski definition) is 1. The Bertz CT molecular complexity index is 317. The molecule has 1 N–H and O–H groups in total. The Morgan fingerprint density at radius 2 is 1.72 bits per heavy atom. The number of carbonyl (C=O) groups is 2. The lowest BCUT2D eigenvalue weighted by Crippen LogP contribution is -2.54. The summed E-state index contributed by atoms with van der Waals surface area (Å²) in [5, 5.41) is 3.17. The van der Waals surface area contributed by atoms with Gasteiger partial charge in [0.15, 0.2) is 0 Å². The minimum Gasteiger partial charge on any atom is -0.334 e. The van der Waals surface area contributed by atoms with Gasteiger partial charge in [0.25, 0.3) is 0 Å². The van der Waals surface area contributed by atoms with Crippen molar-refractivity contribution in [1.82, 2.24) is 15.1 Å². The molecule has 104 valence electrons. The van der Waals surface area contributed by atoms with Crippen LogP contribution in [0.3, 0.4) is 0 Å². The molecule has 2 amide bonds. The van der Waals surface area contributed by atoms with E-state index in [0.29, 0.717) is 13.1 Å². The minimum absolute atomic E-state index is 0.0249. The van der Waals surface area contributed by atoms with Crippen molar-refractivity contribution in [3.63, 3.8) is 0 Å². The average molecular weight is 255 g/mol. The minimum atomic E-state index is -0.403. The molecule has 18 heavy (non-hydrogen) atoms. The summed E-state index contributed by atoms with van der Waals surface area (Å²) < 4.78 is 0. The van der Waals surface area contributed by atoms with Crippen LogP contribution in [0.15, 0.2) is 0 Å². The van der Waals surface area contributed by atoms with Crippen LogP contribution in [0.5, 0.6) is 0 Å². The Balaban J connectivity index is 2.65. The zero-order valence-electron chi connectivity index (χ0n) is 12.1. The number of rotatable bonds is 1. The van der Waals surface area contributed by atoms with Gasteiger partial charge in [-0.1, -0.05) is 20.8 Å². The van der Waals surface area contributed by atoms with Gasteiger partial charge in [-0.2, -0.15) is 0 Å². The number of hydrogen-bond acceptors (Lipinski definition) is 3. The highest BCUT2D eigenvalue weighted by molar-refractivity contribution is 6.34. The van der Waals surface area contributed by atoms with E-state index in [9.17, 15) is 9.59 Å². The van der Waals surface area contributed by atoms with Gasteiger partial charge in [0.1, 0.15) is 0 Å². The van der Waals surface area contributed by atoms with Crippen molar-refractivity contribution in [2.45, 2.75) is 33.7 Å². The first-order valence-electron chi connectivity index (χ1n) is 6.52. The fourth-order valence-electron chi connectivity index (χ4n) is 1.91. The highest BCUT2D eigenvalue weighted by Gasteiger charge is 2.32. The molecule has 1 aliphatic rings. The maximum atomic E-state index is 12.1. The summed E-state index contributed by atoms with van der Waals surface area (Å²) >= 11 is 0. The number of carbonyl (C=O) groups excluding carboxylic acids is 2. The molecule has 5 heteroatoms. The fraction of sp³-hybridized carbons (Fsp3) is 0.846. The standard InChI is InChI=1S/C13H25N3O2/c1-10(13(2,3)4)15(5)11(17)12(18)16-8-6-14-7-9-16/h10,14H,6-9H2,1-5H3. The largest absolute Gasteiger partial charge is 0.334 e. The van der Waals surface area contributed by atoms with Gasteiger partial charge in [0.2, 0.25) is 0 Å². The number of nitrogens with zero attached hydrogens (tertiary/aromatic N) is 2. The van der Waals surface area contributed by atoms with Crippen molar-refractivity contribution in [3.05, 3.63) is 0 Å². The molecule has 1 atom stereocenters. The molecule has 0 saturated carbocycles. The average Bonchev–Trinajstić information content (AvgIpc) is 2.35. The van der Waals surface area contributed by atoms with Gasteiger partial charge >= 0.3 is 11.8 Å². The van der Waals surface area contributed by atoms with E-state index >= 15 is 0 Å². The molecule has 0 aromatic heterocycles. The van der Waals surface area contributed by atoms with Crippen LogP contribution in [-0.4, -0.2) is 60.9 Å². The first-order chi connectivity index (χ1) is 8.25. The maximum Gasteiger partial charge on any atom is 0.312 e. The van der Waals surface area contributed by atoms with E-state index in [0.717, 1.165) is 13.1 Å². The van der Waals surface area contributed by atoms with Crippen LogP contribution in [0, 0.1) is 5.41 Å². The lowest BCUT2D eigenvalue weighted by Gasteiger charge is -2.36. The van der Waals surface area contributed by atoms with E-state index in [-0.39, 0.29) is 17.4 Å².